The Morgan fingerprint density at radius 1 is 1.31 bits per heavy atom. The minimum atomic E-state index is -0.311. The average Bonchev–Trinajstić information content (AvgIpc) is 2.35. The van der Waals surface area contributed by atoms with Crippen molar-refractivity contribution in [1.82, 2.24) is 0 Å². The van der Waals surface area contributed by atoms with Crippen molar-refractivity contribution in [3.05, 3.63) is 35.4 Å². The Kier molecular flexibility index (Phi) is 5.20. The van der Waals surface area contributed by atoms with E-state index in [1.165, 1.54) is 0 Å². The minimum Gasteiger partial charge on any atom is -0.354 e. The zero-order valence-electron chi connectivity index (χ0n) is 9.38. The summed E-state index contributed by atoms with van der Waals surface area (Å²) in [6.07, 6.45) is 1.42. The van der Waals surface area contributed by atoms with E-state index in [4.69, 9.17) is 14.7 Å². The zero-order chi connectivity index (χ0) is 11.8. The van der Waals surface area contributed by atoms with Gasteiger partial charge in [-0.25, -0.2) is 0 Å². The highest BCUT2D eigenvalue weighted by Gasteiger charge is 2.01. The first-order chi connectivity index (χ1) is 7.80. The van der Waals surface area contributed by atoms with Crippen LogP contribution in [0.4, 0.5) is 0 Å². The van der Waals surface area contributed by atoms with Crippen molar-refractivity contribution < 1.29 is 9.47 Å². The summed E-state index contributed by atoms with van der Waals surface area (Å²) in [4.78, 5) is 4.18. The predicted octanol–water partition coefficient (Wildman–Crippen LogP) is 1.60. The van der Waals surface area contributed by atoms with Crippen LogP contribution in [0.1, 0.15) is 11.1 Å². The lowest BCUT2D eigenvalue weighted by atomic mass is 10.2. The number of ether oxygens (including phenoxy) is 2. The van der Waals surface area contributed by atoms with E-state index in [0.29, 0.717) is 12.1 Å². The van der Waals surface area contributed by atoms with Crippen LogP contribution in [-0.2, 0) is 9.47 Å². The fourth-order valence-electron chi connectivity index (χ4n) is 1.13. The molecular weight excluding hydrogens is 204 g/mol. The van der Waals surface area contributed by atoms with Gasteiger partial charge in [-0.3, -0.25) is 4.99 Å². The average molecular weight is 218 g/mol. The Balaban J connectivity index is 2.53. The fraction of sp³-hybridized carbons (Fsp3) is 0.333. The molecule has 0 amide bonds. The summed E-state index contributed by atoms with van der Waals surface area (Å²) in [7, 11) is 3.15. The lowest BCUT2D eigenvalue weighted by molar-refractivity contribution is -0.0936. The summed E-state index contributed by atoms with van der Waals surface area (Å²) in [5, 5.41) is 8.62. The summed E-state index contributed by atoms with van der Waals surface area (Å²) in [5.74, 6) is 0. The minimum absolute atomic E-state index is 0.311. The van der Waals surface area contributed by atoms with Gasteiger partial charge in [0, 0.05) is 20.4 Å². The third-order valence-corrected chi connectivity index (χ3v) is 2.06. The number of hydrogen-bond acceptors (Lipinski definition) is 4. The van der Waals surface area contributed by atoms with Gasteiger partial charge >= 0.3 is 0 Å². The summed E-state index contributed by atoms with van der Waals surface area (Å²) in [6.45, 7) is 0.451. The van der Waals surface area contributed by atoms with Gasteiger partial charge in [0.25, 0.3) is 0 Å². The van der Waals surface area contributed by atoms with Gasteiger partial charge in [0.15, 0.2) is 6.29 Å². The van der Waals surface area contributed by atoms with Crippen LogP contribution in [0.5, 0.6) is 0 Å². The summed E-state index contributed by atoms with van der Waals surface area (Å²) < 4.78 is 9.99. The molecule has 0 atom stereocenters. The standard InChI is InChI=1S/C12H14N2O2/c1-15-12(16-2)9-14-8-11-5-3-10(7-13)4-6-11/h3-6,8,12H,9H2,1-2H3. The van der Waals surface area contributed by atoms with Gasteiger partial charge in [-0.1, -0.05) is 12.1 Å². The quantitative estimate of drug-likeness (QED) is 0.557. The molecule has 0 aromatic heterocycles. The topological polar surface area (TPSA) is 54.6 Å². The second-order valence-corrected chi connectivity index (χ2v) is 3.13. The molecule has 0 unspecified atom stereocenters. The van der Waals surface area contributed by atoms with Crippen LogP contribution >= 0.6 is 0 Å². The van der Waals surface area contributed by atoms with Crippen LogP contribution < -0.4 is 0 Å². The molecule has 4 nitrogen and oxygen atoms in total. The van der Waals surface area contributed by atoms with Gasteiger partial charge < -0.3 is 9.47 Å². The molecule has 4 heteroatoms. The Labute approximate surface area is 95.1 Å². The van der Waals surface area contributed by atoms with E-state index >= 15 is 0 Å². The van der Waals surface area contributed by atoms with E-state index in [1.807, 2.05) is 12.1 Å². The molecule has 1 aromatic rings. The van der Waals surface area contributed by atoms with Crippen molar-refractivity contribution >= 4 is 6.21 Å². The molecule has 0 saturated carbocycles. The largest absolute Gasteiger partial charge is 0.354 e. The lowest BCUT2D eigenvalue weighted by Gasteiger charge is -2.09. The van der Waals surface area contributed by atoms with E-state index in [2.05, 4.69) is 11.1 Å². The molecule has 0 saturated heterocycles. The monoisotopic (exact) mass is 218 g/mol. The number of rotatable bonds is 5. The number of aliphatic imine (C=N–C) groups is 1. The SMILES string of the molecule is COC(CN=Cc1ccc(C#N)cc1)OC. The normalized spacial score (nSPS) is 10.9. The molecule has 1 rings (SSSR count). The number of benzene rings is 1. The highest BCUT2D eigenvalue weighted by Crippen LogP contribution is 2.01. The molecule has 0 aliphatic rings. The van der Waals surface area contributed by atoms with Crippen molar-refractivity contribution in [2.45, 2.75) is 6.29 Å². The Morgan fingerprint density at radius 2 is 1.94 bits per heavy atom. The van der Waals surface area contributed by atoms with Crippen LogP contribution in [0.2, 0.25) is 0 Å². The molecule has 0 fully saturated rings. The first kappa shape index (κ1) is 12.4. The third kappa shape index (κ3) is 3.81. The maximum atomic E-state index is 8.62. The summed E-state index contributed by atoms with van der Waals surface area (Å²) in [6, 6.07) is 9.26. The molecule has 0 N–H and O–H groups in total. The van der Waals surface area contributed by atoms with Crippen molar-refractivity contribution in [1.29, 1.82) is 5.26 Å². The van der Waals surface area contributed by atoms with Crippen molar-refractivity contribution in [2.75, 3.05) is 20.8 Å². The van der Waals surface area contributed by atoms with Crippen LogP contribution in [0.3, 0.4) is 0 Å². The summed E-state index contributed by atoms with van der Waals surface area (Å²) >= 11 is 0. The molecule has 0 bridgehead atoms. The first-order valence-electron chi connectivity index (χ1n) is 4.85. The molecule has 0 aliphatic carbocycles. The molecule has 0 aliphatic heterocycles. The fourth-order valence-corrected chi connectivity index (χ4v) is 1.13. The summed E-state index contributed by atoms with van der Waals surface area (Å²) in [5.41, 5.74) is 1.59. The molecule has 0 spiro atoms. The van der Waals surface area contributed by atoms with Crippen molar-refractivity contribution in [2.24, 2.45) is 4.99 Å². The van der Waals surface area contributed by atoms with Crippen molar-refractivity contribution in [3.63, 3.8) is 0 Å². The Bertz CT molecular complexity index is 375. The molecule has 0 heterocycles. The molecule has 1 aromatic carbocycles. The number of hydrogen-bond donors (Lipinski definition) is 0. The number of methoxy groups -OCH3 is 2. The van der Waals surface area contributed by atoms with E-state index in [1.54, 1.807) is 32.6 Å². The number of nitriles is 1. The van der Waals surface area contributed by atoms with Gasteiger partial charge in [0.2, 0.25) is 0 Å². The van der Waals surface area contributed by atoms with Gasteiger partial charge in [-0.05, 0) is 17.7 Å². The molecule has 84 valence electrons. The molecular formula is C12H14N2O2. The van der Waals surface area contributed by atoms with Crippen LogP contribution in [0, 0.1) is 11.3 Å². The van der Waals surface area contributed by atoms with Gasteiger partial charge in [-0.15, -0.1) is 0 Å². The lowest BCUT2D eigenvalue weighted by Crippen LogP contribution is -2.16. The Hall–Kier alpha value is -1.70. The van der Waals surface area contributed by atoms with Gasteiger partial charge in [0.1, 0.15) is 0 Å². The van der Waals surface area contributed by atoms with E-state index in [-0.39, 0.29) is 6.29 Å². The second kappa shape index (κ2) is 6.72. The van der Waals surface area contributed by atoms with Gasteiger partial charge in [0.05, 0.1) is 18.2 Å². The van der Waals surface area contributed by atoms with Gasteiger partial charge in [-0.2, -0.15) is 5.26 Å². The smallest absolute Gasteiger partial charge is 0.176 e. The van der Waals surface area contributed by atoms with E-state index in [0.717, 1.165) is 5.56 Å². The highest BCUT2D eigenvalue weighted by molar-refractivity contribution is 5.79. The Morgan fingerprint density at radius 3 is 2.44 bits per heavy atom. The molecule has 0 radical (unpaired) electrons. The first-order valence-corrected chi connectivity index (χ1v) is 4.85. The highest BCUT2D eigenvalue weighted by atomic mass is 16.7. The second-order valence-electron chi connectivity index (χ2n) is 3.13. The van der Waals surface area contributed by atoms with Crippen molar-refractivity contribution in [3.8, 4) is 6.07 Å². The van der Waals surface area contributed by atoms with Crippen LogP contribution in [0.15, 0.2) is 29.3 Å². The molecule has 16 heavy (non-hydrogen) atoms. The van der Waals surface area contributed by atoms with E-state index in [9.17, 15) is 0 Å². The predicted molar refractivity (Wildman–Crippen MR) is 61.4 cm³/mol. The zero-order valence-corrected chi connectivity index (χ0v) is 9.38. The number of nitrogens with zero attached hydrogens (tertiary/aromatic N) is 2. The maximum Gasteiger partial charge on any atom is 0.176 e. The van der Waals surface area contributed by atoms with E-state index < -0.39 is 0 Å². The third-order valence-electron chi connectivity index (χ3n) is 2.06. The van der Waals surface area contributed by atoms with Crippen LogP contribution in [-0.4, -0.2) is 33.3 Å². The maximum absolute atomic E-state index is 8.62. The van der Waals surface area contributed by atoms with Crippen LogP contribution in [0.25, 0.3) is 0 Å².